The van der Waals surface area contributed by atoms with Crippen molar-refractivity contribution >= 4 is 22.3 Å². The summed E-state index contributed by atoms with van der Waals surface area (Å²) < 4.78 is 2.49. The zero-order valence-corrected chi connectivity index (χ0v) is 22.7. The van der Waals surface area contributed by atoms with Crippen LogP contribution < -0.4 is 5.32 Å². The van der Waals surface area contributed by atoms with Crippen molar-refractivity contribution in [3.63, 3.8) is 0 Å². The predicted molar refractivity (Wildman–Crippen MR) is 165 cm³/mol. The molecule has 1 aromatic heterocycles. The first-order chi connectivity index (χ1) is 19.1. The molecule has 2 heteroatoms. The van der Waals surface area contributed by atoms with E-state index < -0.39 is 0 Å². The van der Waals surface area contributed by atoms with Gasteiger partial charge in [-0.3, -0.25) is 0 Å². The molecule has 7 rings (SSSR count). The number of rotatable bonds is 4. The zero-order valence-electron chi connectivity index (χ0n) is 22.7. The van der Waals surface area contributed by atoms with E-state index in [0.717, 1.165) is 6.42 Å². The standard InChI is InChI=1S/C37H32N2/c1-24-14-18-29(19-15-24)39-33-21-17-26(3)36-35(33)34(37(39)28-12-8-5-9-13-28)31(23-27-10-6-4-7-11-27)30-22-25(2)16-20-32(30)38-36/h4-22,31,38H,23H2,1-3H3. The quantitative estimate of drug-likeness (QED) is 0.253. The molecule has 0 aliphatic carbocycles. The van der Waals surface area contributed by atoms with Crippen LogP contribution in [0.15, 0.2) is 115 Å². The number of fused-ring (bicyclic) bond motifs is 1. The van der Waals surface area contributed by atoms with E-state index in [0.29, 0.717) is 0 Å². The highest BCUT2D eigenvalue weighted by Crippen LogP contribution is 2.51. The van der Waals surface area contributed by atoms with Gasteiger partial charge in [-0.25, -0.2) is 0 Å². The van der Waals surface area contributed by atoms with E-state index in [1.54, 1.807) is 0 Å². The molecule has 0 saturated heterocycles. The second-order valence-electron chi connectivity index (χ2n) is 10.9. The molecule has 2 nitrogen and oxygen atoms in total. The monoisotopic (exact) mass is 504 g/mol. The summed E-state index contributed by atoms with van der Waals surface area (Å²) >= 11 is 0. The summed E-state index contributed by atoms with van der Waals surface area (Å²) in [6, 6.07) is 42.3. The molecule has 1 aliphatic rings. The SMILES string of the molecule is Cc1ccc(-n2c(-c3ccccc3)c3c4c(c(C)ccc42)Nc2ccc(C)cc2C3Cc2ccccc2)cc1. The van der Waals surface area contributed by atoms with E-state index >= 15 is 0 Å². The van der Waals surface area contributed by atoms with E-state index in [2.05, 4.69) is 146 Å². The maximum absolute atomic E-state index is 3.92. The van der Waals surface area contributed by atoms with Crippen LogP contribution in [0.5, 0.6) is 0 Å². The normalized spacial score (nSPS) is 14.1. The molecule has 1 N–H and O–H groups in total. The Kier molecular flexibility index (Phi) is 5.63. The molecule has 0 fully saturated rings. The number of nitrogens with zero attached hydrogens (tertiary/aromatic N) is 1. The Morgan fingerprint density at radius 2 is 1.38 bits per heavy atom. The van der Waals surface area contributed by atoms with Crippen LogP contribution in [0.2, 0.25) is 0 Å². The fourth-order valence-electron chi connectivity index (χ4n) is 6.29. The highest BCUT2D eigenvalue weighted by Gasteiger charge is 2.33. The Balaban J connectivity index is 1.65. The van der Waals surface area contributed by atoms with E-state index in [9.17, 15) is 0 Å². The van der Waals surface area contributed by atoms with Crippen LogP contribution in [-0.4, -0.2) is 4.57 Å². The lowest BCUT2D eigenvalue weighted by atomic mass is 9.82. The molecule has 0 saturated carbocycles. The lowest BCUT2D eigenvalue weighted by Gasteiger charge is -2.22. The van der Waals surface area contributed by atoms with Crippen molar-refractivity contribution in [1.82, 2.24) is 4.57 Å². The Morgan fingerprint density at radius 3 is 2.13 bits per heavy atom. The molecule has 0 radical (unpaired) electrons. The van der Waals surface area contributed by atoms with Crippen LogP contribution >= 0.6 is 0 Å². The molecule has 0 spiro atoms. The van der Waals surface area contributed by atoms with Gasteiger partial charge in [-0.05, 0) is 79.3 Å². The average molecular weight is 505 g/mol. The van der Waals surface area contributed by atoms with Gasteiger partial charge in [0, 0.05) is 22.7 Å². The number of anilines is 2. The number of hydrogen-bond acceptors (Lipinski definition) is 1. The summed E-state index contributed by atoms with van der Waals surface area (Å²) in [5, 5.41) is 5.24. The molecule has 1 unspecified atom stereocenters. The molecule has 0 amide bonds. The van der Waals surface area contributed by atoms with Gasteiger partial charge in [0.1, 0.15) is 0 Å². The lowest BCUT2D eigenvalue weighted by Crippen LogP contribution is -2.09. The first kappa shape index (κ1) is 23.5. The molecule has 5 aromatic carbocycles. The number of hydrogen-bond donors (Lipinski definition) is 1. The van der Waals surface area contributed by atoms with E-state index in [4.69, 9.17) is 0 Å². The molecule has 39 heavy (non-hydrogen) atoms. The van der Waals surface area contributed by atoms with Gasteiger partial charge in [-0.2, -0.15) is 0 Å². The van der Waals surface area contributed by atoms with Gasteiger partial charge in [0.15, 0.2) is 0 Å². The van der Waals surface area contributed by atoms with Crippen LogP contribution in [0.1, 0.15) is 39.3 Å². The minimum absolute atomic E-state index is 0.183. The summed E-state index contributed by atoms with van der Waals surface area (Å²) in [4.78, 5) is 0. The molecular formula is C37H32N2. The molecule has 1 atom stereocenters. The molecule has 1 aliphatic heterocycles. The van der Waals surface area contributed by atoms with Crippen LogP contribution in [0.3, 0.4) is 0 Å². The topological polar surface area (TPSA) is 17.0 Å². The Hall–Kier alpha value is -4.56. The van der Waals surface area contributed by atoms with Gasteiger partial charge in [0.25, 0.3) is 0 Å². The third-order valence-corrected chi connectivity index (χ3v) is 8.19. The molecular weight excluding hydrogens is 472 g/mol. The maximum Gasteiger partial charge on any atom is 0.0580 e. The van der Waals surface area contributed by atoms with Gasteiger partial charge in [-0.1, -0.05) is 102 Å². The second kappa shape index (κ2) is 9.32. The maximum atomic E-state index is 3.92. The summed E-state index contributed by atoms with van der Waals surface area (Å²) in [6.45, 7) is 6.58. The van der Waals surface area contributed by atoms with Gasteiger partial charge in [0.2, 0.25) is 0 Å². The fraction of sp³-hybridized carbons (Fsp3) is 0.135. The van der Waals surface area contributed by atoms with Crippen LogP contribution in [-0.2, 0) is 6.42 Å². The zero-order chi connectivity index (χ0) is 26.5. The van der Waals surface area contributed by atoms with Crippen molar-refractivity contribution < 1.29 is 0 Å². The minimum atomic E-state index is 0.183. The van der Waals surface area contributed by atoms with Crippen LogP contribution in [0.25, 0.3) is 27.8 Å². The number of benzene rings is 5. The Labute approximate surface area is 230 Å². The summed E-state index contributed by atoms with van der Waals surface area (Å²) in [5.41, 5.74) is 15.3. The summed E-state index contributed by atoms with van der Waals surface area (Å²) in [7, 11) is 0. The molecule has 0 bridgehead atoms. The van der Waals surface area contributed by atoms with Crippen molar-refractivity contribution in [3.05, 3.63) is 149 Å². The van der Waals surface area contributed by atoms with E-state index in [1.807, 2.05) is 0 Å². The third kappa shape index (κ3) is 3.95. The second-order valence-corrected chi connectivity index (χ2v) is 10.9. The Bertz CT molecular complexity index is 1810. The third-order valence-electron chi connectivity index (χ3n) is 8.19. The number of aromatic nitrogens is 1. The van der Waals surface area contributed by atoms with Crippen molar-refractivity contribution in [2.75, 3.05) is 5.32 Å². The predicted octanol–water partition coefficient (Wildman–Crippen LogP) is 9.65. The van der Waals surface area contributed by atoms with Crippen molar-refractivity contribution in [2.24, 2.45) is 0 Å². The summed E-state index contributed by atoms with van der Waals surface area (Å²) in [6.07, 6.45) is 0.930. The summed E-state index contributed by atoms with van der Waals surface area (Å²) in [5.74, 6) is 0.183. The fourth-order valence-corrected chi connectivity index (χ4v) is 6.29. The Morgan fingerprint density at radius 1 is 0.692 bits per heavy atom. The van der Waals surface area contributed by atoms with E-state index in [1.165, 1.54) is 72.6 Å². The van der Waals surface area contributed by atoms with Crippen molar-refractivity contribution in [3.8, 4) is 16.9 Å². The van der Waals surface area contributed by atoms with Gasteiger partial charge >= 0.3 is 0 Å². The molecule has 190 valence electrons. The van der Waals surface area contributed by atoms with Crippen LogP contribution in [0, 0.1) is 20.8 Å². The minimum Gasteiger partial charge on any atom is -0.355 e. The number of aryl methyl sites for hydroxylation is 3. The van der Waals surface area contributed by atoms with Gasteiger partial charge in [0.05, 0.1) is 16.9 Å². The largest absolute Gasteiger partial charge is 0.355 e. The molecule has 2 heterocycles. The first-order valence-electron chi connectivity index (χ1n) is 13.8. The lowest BCUT2D eigenvalue weighted by molar-refractivity contribution is 0.814. The highest BCUT2D eigenvalue weighted by atomic mass is 15.0. The van der Waals surface area contributed by atoms with Crippen molar-refractivity contribution in [2.45, 2.75) is 33.1 Å². The van der Waals surface area contributed by atoms with Crippen molar-refractivity contribution in [1.29, 1.82) is 0 Å². The smallest absolute Gasteiger partial charge is 0.0580 e. The van der Waals surface area contributed by atoms with Gasteiger partial charge < -0.3 is 9.88 Å². The number of nitrogens with one attached hydrogen (secondary N) is 1. The highest BCUT2D eigenvalue weighted by molar-refractivity contribution is 6.06. The molecule has 6 aromatic rings. The van der Waals surface area contributed by atoms with E-state index in [-0.39, 0.29) is 5.92 Å². The first-order valence-corrected chi connectivity index (χ1v) is 13.8. The van der Waals surface area contributed by atoms with Gasteiger partial charge in [-0.15, -0.1) is 0 Å². The average Bonchev–Trinajstić information content (AvgIpc) is 3.23. The van der Waals surface area contributed by atoms with Crippen LogP contribution in [0.4, 0.5) is 11.4 Å².